The van der Waals surface area contributed by atoms with Gasteiger partial charge in [0.05, 0.1) is 24.7 Å². The number of nitrogens with zero attached hydrogens (tertiary/aromatic N) is 2. The maximum atomic E-state index is 12.9. The van der Waals surface area contributed by atoms with E-state index in [1.165, 1.54) is 0 Å². The monoisotopic (exact) mass is 374 g/mol. The molecule has 1 heterocycles. The fourth-order valence-electron chi connectivity index (χ4n) is 4.86. The van der Waals surface area contributed by atoms with Crippen LogP contribution in [0.25, 0.3) is 10.8 Å². The number of hydrogen-bond donors (Lipinski definition) is 0. The zero-order valence-electron chi connectivity index (χ0n) is 15.7. The molecule has 1 saturated heterocycles. The van der Waals surface area contributed by atoms with Crippen LogP contribution in [-0.4, -0.2) is 29.6 Å². The Balaban J connectivity index is 1.50. The second-order valence-electron chi connectivity index (χ2n) is 7.78. The number of carbonyl (C=O) groups is 2. The first-order valence-electron chi connectivity index (χ1n) is 9.93. The highest BCUT2D eigenvalue weighted by Crippen LogP contribution is 2.52. The minimum absolute atomic E-state index is 0.167. The average Bonchev–Trinajstić information content (AvgIpc) is 3.39. The quantitative estimate of drug-likeness (QED) is 0.455. The topological polar surface area (TPSA) is 59.0 Å². The molecule has 0 N–H and O–H groups in total. The lowest BCUT2D eigenvalue weighted by Crippen LogP contribution is -2.28. The van der Waals surface area contributed by atoms with E-state index in [2.05, 4.69) is 24.2 Å². The van der Waals surface area contributed by atoms with Gasteiger partial charge in [-0.15, -0.1) is 0 Å². The highest BCUT2D eigenvalue weighted by molar-refractivity contribution is 6.08. The Morgan fingerprint density at radius 1 is 1.07 bits per heavy atom. The van der Waals surface area contributed by atoms with E-state index >= 15 is 0 Å². The van der Waals surface area contributed by atoms with Crippen LogP contribution in [0, 0.1) is 23.7 Å². The van der Waals surface area contributed by atoms with Crippen LogP contribution >= 0.6 is 0 Å². The zero-order chi connectivity index (χ0) is 19.3. The van der Waals surface area contributed by atoms with E-state index in [-0.39, 0.29) is 35.5 Å². The summed E-state index contributed by atoms with van der Waals surface area (Å²) in [6.07, 6.45) is 7.60. The number of rotatable bonds is 5. The van der Waals surface area contributed by atoms with Crippen molar-refractivity contribution in [2.45, 2.75) is 19.8 Å². The molecule has 2 aromatic carbocycles. The predicted octanol–water partition coefficient (Wildman–Crippen LogP) is 3.77. The summed E-state index contributed by atoms with van der Waals surface area (Å²) in [7, 11) is 0. The molecule has 2 aromatic rings. The Morgan fingerprint density at radius 3 is 2.50 bits per heavy atom. The number of hydrogen-bond acceptors (Lipinski definition) is 4. The molecule has 0 radical (unpaired) electrons. The van der Waals surface area contributed by atoms with Gasteiger partial charge in [-0.25, -0.2) is 0 Å². The molecule has 2 aliphatic carbocycles. The van der Waals surface area contributed by atoms with E-state index in [1.807, 2.05) is 36.4 Å². The van der Waals surface area contributed by atoms with Crippen LogP contribution in [0.4, 0.5) is 0 Å². The molecule has 5 rings (SSSR count). The molecule has 5 nitrogen and oxygen atoms in total. The van der Waals surface area contributed by atoms with Gasteiger partial charge in [0.25, 0.3) is 11.8 Å². The van der Waals surface area contributed by atoms with E-state index in [1.54, 1.807) is 6.21 Å². The molecule has 1 saturated carbocycles. The predicted molar refractivity (Wildman–Crippen MR) is 107 cm³/mol. The third kappa shape index (κ3) is 2.49. The molecule has 2 bridgehead atoms. The largest absolute Gasteiger partial charge is 0.493 e. The number of allylic oxidation sites excluding steroid dienone is 2. The molecule has 1 aliphatic heterocycles. The third-order valence-electron chi connectivity index (χ3n) is 6.14. The SMILES string of the molecule is CCCOc1ccc2ccccc2c1/C=N\N1C(=O)[C@@H]2[C@@H](C1=O)[C@H]1C=C[C@H]2C1. The van der Waals surface area contributed by atoms with Crippen molar-refractivity contribution in [1.82, 2.24) is 5.01 Å². The molecule has 3 aliphatic rings. The standard InChI is InChI=1S/C23H22N2O3/c1-2-11-28-19-10-9-14-5-3-4-6-17(14)18(19)13-24-25-22(26)20-15-7-8-16(12-15)21(20)23(25)27/h3-10,13,15-16,20-21H,2,11-12H2,1H3/b24-13-/t15-,16-,20-,21-/m0/s1. The van der Waals surface area contributed by atoms with Gasteiger partial charge in [-0.2, -0.15) is 10.1 Å². The number of amides is 2. The zero-order valence-corrected chi connectivity index (χ0v) is 15.7. The summed E-state index contributed by atoms with van der Waals surface area (Å²) in [5.41, 5.74) is 0.797. The van der Waals surface area contributed by atoms with Crippen molar-refractivity contribution in [2.75, 3.05) is 6.61 Å². The van der Waals surface area contributed by atoms with Crippen molar-refractivity contribution in [3.63, 3.8) is 0 Å². The Labute approximate surface area is 163 Å². The summed E-state index contributed by atoms with van der Waals surface area (Å²) in [4.78, 5) is 25.7. The van der Waals surface area contributed by atoms with Gasteiger partial charge in [0, 0.05) is 5.56 Å². The first-order valence-corrected chi connectivity index (χ1v) is 9.93. The smallest absolute Gasteiger partial charge is 0.254 e. The van der Waals surface area contributed by atoms with Gasteiger partial charge < -0.3 is 4.74 Å². The molecule has 0 aromatic heterocycles. The van der Waals surface area contributed by atoms with Crippen LogP contribution in [0.5, 0.6) is 5.75 Å². The van der Waals surface area contributed by atoms with Crippen molar-refractivity contribution in [2.24, 2.45) is 28.8 Å². The second kappa shape index (κ2) is 6.59. The molecule has 2 fully saturated rings. The van der Waals surface area contributed by atoms with Gasteiger partial charge in [-0.1, -0.05) is 49.4 Å². The van der Waals surface area contributed by atoms with Crippen LogP contribution in [0.1, 0.15) is 25.3 Å². The number of ether oxygens (including phenoxy) is 1. The summed E-state index contributed by atoms with van der Waals surface area (Å²) in [5.74, 6) is 0.287. The van der Waals surface area contributed by atoms with Gasteiger partial charge >= 0.3 is 0 Å². The van der Waals surface area contributed by atoms with Gasteiger partial charge in [0.2, 0.25) is 0 Å². The van der Waals surface area contributed by atoms with Crippen molar-refractivity contribution in [1.29, 1.82) is 0 Å². The van der Waals surface area contributed by atoms with E-state index in [0.29, 0.717) is 12.4 Å². The molecule has 28 heavy (non-hydrogen) atoms. The molecular weight excluding hydrogens is 352 g/mol. The molecule has 5 heteroatoms. The van der Waals surface area contributed by atoms with Crippen LogP contribution < -0.4 is 4.74 Å². The van der Waals surface area contributed by atoms with Crippen molar-refractivity contribution < 1.29 is 14.3 Å². The van der Waals surface area contributed by atoms with E-state index < -0.39 is 0 Å². The lowest BCUT2D eigenvalue weighted by Gasteiger charge is -2.13. The Bertz CT molecular complexity index is 996. The van der Waals surface area contributed by atoms with Crippen LogP contribution in [-0.2, 0) is 9.59 Å². The minimum atomic E-state index is -0.233. The normalized spacial score (nSPS) is 28.1. The van der Waals surface area contributed by atoms with E-state index in [4.69, 9.17) is 4.74 Å². The minimum Gasteiger partial charge on any atom is -0.493 e. The average molecular weight is 374 g/mol. The van der Waals surface area contributed by atoms with E-state index in [0.717, 1.165) is 34.2 Å². The molecule has 0 spiro atoms. The summed E-state index contributed by atoms with van der Waals surface area (Å²) < 4.78 is 5.89. The lowest BCUT2D eigenvalue weighted by atomic mass is 9.85. The number of imide groups is 1. The summed E-state index contributed by atoms with van der Waals surface area (Å²) in [6, 6.07) is 11.9. The van der Waals surface area contributed by atoms with Crippen molar-refractivity contribution >= 4 is 28.8 Å². The highest BCUT2D eigenvalue weighted by atomic mass is 16.5. The molecule has 0 unspecified atom stereocenters. The van der Waals surface area contributed by atoms with Crippen LogP contribution in [0.15, 0.2) is 53.7 Å². The van der Waals surface area contributed by atoms with Gasteiger partial charge in [0.1, 0.15) is 5.75 Å². The fraction of sp³-hybridized carbons (Fsp3) is 0.348. The van der Waals surface area contributed by atoms with Crippen molar-refractivity contribution in [3.8, 4) is 5.75 Å². The highest BCUT2D eigenvalue weighted by Gasteiger charge is 2.59. The Hall–Kier alpha value is -2.95. The maximum absolute atomic E-state index is 12.9. The number of benzene rings is 2. The number of hydrazone groups is 1. The summed E-state index contributed by atoms with van der Waals surface area (Å²) in [6.45, 7) is 2.65. The first kappa shape index (κ1) is 17.2. The van der Waals surface area contributed by atoms with Crippen molar-refractivity contribution in [3.05, 3.63) is 54.1 Å². The van der Waals surface area contributed by atoms with Crippen LogP contribution in [0.3, 0.4) is 0 Å². The van der Waals surface area contributed by atoms with Crippen LogP contribution in [0.2, 0.25) is 0 Å². The second-order valence-corrected chi connectivity index (χ2v) is 7.78. The number of fused-ring (bicyclic) bond motifs is 6. The number of carbonyl (C=O) groups excluding carboxylic acids is 2. The molecule has 4 atom stereocenters. The summed E-state index contributed by atoms with van der Waals surface area (Å²) in [5, 5.41) is 7.49. The first-order chi connectivity index (χ1) is 13.7. The molecular formula is C23H22N2O3. The van der Waals surface area contributed by atoms with Gasteiger partial charge in [-0.05, 0) is 41.5 Å². The summed E-state index contributed by atoms with van der Waals surface area (Å²) >= 11 is 0. The Kier molecular flexibility index (Phi) is 4.04. The lowest BCUT2D eigenvalue weighted by molar-refractivity contribution is -0.140. The molecule has 2 amide bonds. The van der Waals surface area contributed by atoms with E-state index in [9.17, 15) is 9.59 Å². The van der Waals surface area contributed by atoms with Gasteiger partial charge in [-0.3, -0.25) is 9.59 Å². The molecule has 142 valence electrons. The Morgan fingerprint density at radius 2 is 1.79 bits per heavy atom. The van der Waals surface area contributed by atoms with Gasteiger partial charge in [0.15, 0.2) is 0 Å². The third-order valence-corrected chi connectivity index (χ3v) is 6.14. The fourth-order valence-corrected chi connectivity index (χ4v) is 4.86. The maximum Gasteiger partial charge on any atom is 0.254 e.